The smallest absolute Gasteiger partial charge is 0.305 e. The van der Waals surface area contributed by atoms with Crippen LogP contribution in [-0.4, -0.2) is 16.7 Å². The van der Waals surface area contributed by atoms with E-state index in [2.05, 4.69) is 0 Å². The molecule has 5 nitrogen and oxygen atoms in total. The number of hydrogen-bond acceptors (Lipinski definition) is 4. The molecule has 0 saturated carbocycles. The molecule has 0 heterocycles. The lowest BCUT2D eigenvalue weighted by Gasteiger charge is -2.25. The number of rotatable bonds is 3. The summed E-state index contributed by atoms with van der Waals surface area (Å²) in [6.45, 7) is 5.36. The summed E-state index contributed by atoms with van der Waals surface area (Å²) in [6, 6.07) is 2.22. The quantitative estimate of drug-likeness (QED) is 0.509. The molecule has 2 N–H and O–H groups in total. The first kappa shape index (κ1) is 14.2. The fourth-order valence-corrected chi connectivity index (χ4v) is 1.38. The van der Waals surface area contributed by atoms with Crippen molar-refractivity contribution in [3.05, 3.63) is 39.7 Å². The SMILES string of the molecule is CC(C)(C)[C@H](N)C(=O)c1ccc(F)c([N+](=O)[O-])c1. The van der Waals surface area contributed by atoms with E-state index < -0.39 is 33.7 Å². The Morgan fingerprint density at radius 1 is 1.44 bits per heavy atom. The standard InChI is InChI=1S/C12H15FN2O3/c1-12(2,3)11(14)10(16)7-4-5-8(13)9(6-7)15(17)18/h4-6,11H,14H2,1-3H3/t11-/m1/s1. The van der Waals surface area contributed by atoms with Crippen LogP contribution in [0.25, 0.3) is 0 Å². The number of nitrogens with zero attached hydrogens (tertiary/aromatic N) is 1. The van der Waals surface area contributed by atoms with Gasteiger partial charge in [-0.15, -0.1) is 0 Å². The molecule has 0 fully saturated rings. The topological polar surface area (TPSA) is 86.2 Å². The molecule has 1 atom stereocenters. The summed E-state index contributed by atoms with van der Waals surface area (Å²) in [7, 11) is 0. The fourth-order valence-electron chi connectivity index (χ4n) is 1.38. The highest BCUT2D eigenvalue weighted by Gasteiger charge is 2.29. The first-order valence-electron chi connectivity index (χ1n) is 5.38. The Kier molecular flexibility index (Phi) is 3.81. The van der Waals surface area contributed by atoms with Crippen LogP contribution in [0.2, 0.25) is 0 Å². The number of hydrogen-bond donors (Lipinski definition) is 1. The summed E-state index contributed by atoms with van der Waals surface area (Å²) in [5.41, 5.74) is 4.63. The molecule has 0 aliphatic carbocycles. The maximum absolute atomic E-state index is 13.1. The number of carbonyl (C=O) groups is 1. The molecule has 18 heavy (non-hydrogen) atoms. The van der Waals surface area contributed by atoms with Gasteiger partial charge in [0.1, 0.15) is 0 Å². The molecular formula is C12H15FN2O3. The van der Waals surface area contributed by atoms with Gasteiger partial charge >= 0.3 is 5.69 Å². The minimum atomic E-state index is -0.971. The van der Waals surface area contributed by atoms with Crippen LogP contribution >= 0.6 is 0 Å². The van der Waals surface area contributed by atoms with Crippen molar-refractivity contribution < 1.29 is 14.1 Å². The number of nitro groups is 1. The Morgan fingerprint density at radius 2 is 2.00 bits per heavy atom. The Bertz CT molecular complexity index is 495. The Morgan fingerprint density at radius 3 is 2.44 bits per heavy atom. The molecule has 98 valence electrons. The van der Waals surface area contributed by atoms with Crippen LogP contribution in [-0.2, 0) is 0 Å². The van der Waals surface area contributed by atoms with Crippen molar-refractivity contribution in [2.75, 3.05) is 0 Å². The van der Waals surface area contributed by atoms with Crippen LogP contribution in [0.4, 0.5) is 10.1 Å². The third kappa shape index (κ3) is 2.89. The number of halogens is 1. The molecule has 0 amide bonds. The van der Waals surface area contributed by atoms with E-state index in [-0.39, 0.29) is 5.56 Å². The lowest BCUT2D eigenvalue weighted by atomic mass is 9.83. The van der Waals surface area contributed by atoms with Gasteiger partial charge in [0.05, 0.1) is 11.0 Å². The fraction of sp³-hybridized carbons (Fsp3) is 0.417. The summed E-state index contributed by atoms with van der Waals surface area (Å²) < 4.78 is 13.1. The third-order valence-corrected chi connectivity index (χ3v) is 2.64. The second kappa shape index (κ2) is 4.81. The predicted molar refractivity (Wildman–Crippen MR) is 64.8 cm³/mol. The maximum Gasteiger partial charge on any atom is 0.305 e. The summed E-state index contributed by atoms with van der Waals surface area (Å²) in [4.78, 5) is 21.7. The zero-order valence-electron chi connectivity index (χ0n) is 10.4. The van der Waals surface area contributed by atoms with E-state index in [0.29, 0.717) is 0 Å². The number of carbonyl (C=O) groups excluding carboxylic acids is 1. The van der Waals surface area contributed by atoms with Gasteiger partial charge in [0.15, 0.2) is 5.78 Å². The van der Waals surface area contributed by atoms with Gasteiger partial charge in [0, 0.05) is 11.6 Å². The first-order valence-corrected chi connectivity index (χ1v) is 5.38. The van der Waals surface area contributed by atoms with E-state index in [0.717, 1.165) is 12.1 Å². The van der Waals surface area contributed by atoms with E-state index >= 15 is 0 Å². The van der Waals surface area contributed by atoms with Gasteiger partial charge in [0.25, 0.3) is 0 Å². The molecule has 0 saturated heterocycles. The molecule has 0 spiro atoms. The minimum absolute atomic E-state index is 0.0468. The molecule has 1 rings (SSSR count). The average molecular weight is 254 g/mol. The number of benzene rings is 1. The van der Waals surface area contributed by atoms with Crippen LogP contribution in [0.1, 0.15) is 31.1 Å². The molecule has 0 radical (unpaired) electrons. The monoisotopic (exact) mass is 254 g/mol. The molecule has 0 bridgehead atoms. The average Bonchev–Trinajstić information content (AvgIpc) is 2.26. The molecule has 1 aromatic carbocycles. The Labute approximate surface area is 104 Å². The third-order valence-electron chi connectivity index (χ3n) is 2.64. The normalized spacial score (nSPS) is 13.2. The van der Waals surface area contributed by atoms with Gasteiger partial charge in [-0.25, -0.2) is 0 Å². The second-order valence-corrected chi connectivity index (χ2v) is 5.13. The lowest BCUT2D eigenvalue weighted by Crippen LogP contribution is -2.42. The molecule has 0 aliphatic heterocycles. The van der Waals surface area contributed by atoms with Crippen molar-refractivity contribution in [1.82, 2.24) is 0 Å². The number of ketones is 1. The summed E-state index contributed by atoms with van der Waals surface area (Å²) >= 11 is 0. The highest BCUT2D eigenvalue weighted by atomic mass is 19.1. The van der Waals surface area contributed by atoms with E-state index in [9.17, 15) is 19.3 Å². The van der Waals surface area contributed by atoms with Gasteiger partial charge < -0.3 is 5.73 Å². The highest BCUT2D eigenvalue weighted by Crippen LogP contribution is 2.24. The van der Waals surface area contributed by atoms with Gasteiger partial charge in [-0.1, -0.05) is 20.8 Å². The van der Waals surface area contributed by atoms with Crippen molar-refractivity contribution in [3.63, 3.8) is 0 Å². The Balaban J connectivity index is 3.16. The largest absolute Gasteiger partial charge is 0.321 e. The van der Waals surface area contributed by atoms with Gasteiger partial charge in [-0.3, -0.25) is 14.9 Å². The van der Waals surface area contributed by atoms with E-state index in [1.807, 2.05) is 0 Å². The summed E-state index contributed by atoms with van der Waals surface area (Å²) in [6.07, 6.45) is 0. The molecule has 1 aromatic rings. The minimum Gasteiger partial charge on any atom is -0.321 e. The highest BCUT2D eigenvalue weighted by molar-refractivity contribution is 6.00. The molecule has 6 heteroatoms. The molecule has 0 unspecified atom stereocenters. The van der Waals surface area contributed by atoms with Gasteiger partial charge in [-0.05, 0) is 17.5 Å². The zero-order valence-corrected chi connectivity index (χ0v) is 10.4. The molecular weight excluding hydrogens is 239 g/mol. The van der Waals surface area contributed by atoms with Crippen molar-refractivity contribution in [3.8, 4) is 0 Å². The van der Waals surface area contributed by atoms with E-state index in [1.165, 1.54) is 6.07 Å². The van der Waals surface area contributed by atoms with Crippen molar-refractivity contribution in [2.45, 2.75) is 26.8 Å². The molecule has 0 aliphatic rings. The number of Topliss-reactive ketones (excluding diaryl/α,β-unsaturated/α-hetero) is 1. The van der Waals surface area contributed by atoms with E-state index in [1.54, 1.807) is 20.8 Å². The van der Waals surface area contributed by atoms with Crippen LogP contribution in [0.5, 0.6) is 0 Å². The zero-order chi connectivity index (χ0) is 14.1. The van der Waals surface area contributed by atoms with Crippen molar-refractivity contribution >= 4 is 11.5 Å². The van der Waals surface area contributed by atoms with Gasteiger partial charge in [0.2, 0.25) is 5.82 Å². The van der Waals surface area contributed by atoms with Crippen molar-refractivity contribution in [2.24, 2.45) is 11.1 Å². The number of nitrogens with two attached hydrogens (primary N) is 1. The molecule has 0 aromatic heterocycles. The number of nitro benzene ring substituents is 1. The van der Waals surface area contributed by atoms with Gasteiger partial charge in [-0.2, -0.15) is 4.39 Å². The summed E-state index contributed by atoms with van der Waals surface area (Å²) in [5.74, 6) is -1.41. The van der Waals surface area contributed by atoms with Crippen LogP contribution in [0.15, 0.2) is 18.2 Å². The summed E-state index contributed by atoms with van der Waals surface area (Å²) in [5, 5.41) is 10.6. The first-order chi connectivity index (χ1) is 8.14. The predicted octanol–water partition coefficient (Wildman–Crippen LogP) is 2.29. The lowest BCUT2D eigenvalue weighted by molar-refractivity contribution is -0.387. The maximum atomic E-state index is 13.1. The van der Waals surface area contributed by atoms with Crippen LogP contribution in [0, 0.1) is 21.3 Å². The van der Waals surface area contributed by atoms with E-state index in [4.69, 9.17) is 5.73 Å². The Hall–Kier alpha value is -1.82. The van der Waals surface area contributed by atoms with Crippen LogP contribution < -0.4 is 5.73 Å². The van der Waals surface area contributed by atoms with Crippen molar-refractivity contribution in [1.29, 1.82) is 0 Å². The van der Waals surface area contributed by atoms with Crippen LogP contribution in [0.3, 0.4) is 0 Å². The second-order valence-electron chi connectivity index (χ2n) is 5.13.